The summed E-state index contributed by atoms with van der Waals surface area (Å²) < 4.78 is 7.41. The van der Waals surface area contributed by atoms with Crippen LogP contribution in [-0.4, -0.2) is 23.9 Å². The summed E-state index contributed by atoms with van der Waals surface area (Å²) in [6.45, 7) is 0. The van der Waals surface area contributed by atoms with E-state index < -0.39 is 0 Å². The number of fused-ring (bicyclic) bond motifs is 10. The molecule has 0 saturated carbocycles. The number of aromatic nitrogens is 5. The molecule has 0 atom stereocenters. The Morgan fingerprint density at radius 1 is 0.343 bits per heavy atom. The number of nitrogens with zero attached hydrogens (tertiary/aromatic N) is 5. The minimum Gasteiger partial charge on any atom is -0.309 e. The van der Waals surface area contributed by atoms with Crippen molar-refractivity contribution in [3.05, 3.63) is 212 Å². The van der Waals surface area contributed by atoms with Crippen LogP contribution < -0.4 is 0 Å². The van der Waals surface area contributed by atoms with Crippen LogP contribution in [0.5, 0.6) is 0 Å². The maximum Gasteiger partial charge on any atom is 0.164 e. The Labute approximate surface area is 387 Å². The van der Waals surface area contributed by atoms with Gasteiger partial charge in [-0.3, -0.25) is 0 Å². The van der Waals surface area contributed by atoms with Crippen LogP contribution in [0.2, 0.25) is 0 Å². The van der Waals surface area contributed by atoms with Gasteiger partial charge < -0.3 is 8.97 Å². The highest BCUT2D eigenvalue weighted by Gasteiger charge is 2.23. The van der Waals surface area contributed by atoms with E-state index in [4.69, 9.17) is 15.0 Å². The van der Waals surface area contributed by atoms with E-state index >= 15 is 0 Å². The maximum atomic E-state index is 5.35. The molecular formula is C61H35N5S. The smallest absolute Gasteiger partial charge is 0.164 e. The van der Waals surface area contributed by atoms with E-state index in [-0.39, 0.29) is 0 Å². The van der Waals surface area contributed by atoms with Gasteiger partial charge in [-0.2, -0.15) is 0 Å². The molecule has 0 saturated heterocycles. The molecule has 0 spiro atoms. The Bertz CT molecular complexity index is 4510. The highest BCUT2D eigenvalue weighted by molar-refractivity contribution is 7.26. The Balaban J connectivity index is 0.952. The molecule has 0 aliphatic heterocycles. The predicted molar refractivity (Wildman–Crippen MR) is 281 cm³/mol. The van der Waals surface area contributed by atoms with Crippen molar-refractivity contribution in [2.24, 2.45) is 0 Å². The van der Waals surface area contributed by atoms with Crippen LogP contribution in [0.3, 0.4) is 0 Å². The van der Waals surface area contributed by atoms with Crippen LogP contribution in [0.1, 0.15) is 0 Å². The molecule has 0 aliphatic rings. The van der Waals surface area contributed by atoms with Crippen LogP contribution in [0, 0.1) is 0 Å². The van der Waals surface area contributed by atoms with Crippen molar-refractivity contribution >= 4 is 102 Å². The average Bonchev–Trinajstić information content (AvgIpc) is 4.03. The highest BCUT2D eigenvalue weighted by atomic mass is 32.1. The second-order valence-electron chi connectivity index (χ2n) is 17.5. The normalized spacial score (nSPS) is 12.2. The number of para-hydroxylation sites is 4. The van der Waals surface area contributed by atoms with E-state index in [1.807, 2.05) is 11.3 Å². The Kier molecular flexibility index (Phi) is 7.59. The van der Waals surface area contributed by atoms with Crippen molar-refractivity contribution in [3.63, 3.8) is 0 Å². The van der Waals surface area contributed by atoms with Crippen LogP contribution in [0.4, 0.5) is 0 Å². The van der Waals surface area contributed by atoms with Gasteiger partial charge in [-0.15, -0.1) is 11.3 Å². The summed E-state index contributed by atoms with van der Waals surface area (Å²) in [5, 5.41) is 12.3. The summed E-state index contributed by atoms with van der Waals surface area (Å²) in [5.74, 6) is 1.90. The summed E-state index contributed by atoms with van der Waals surface area (Å²) in [4.78, 5) is 16.0. The first kappa shape index (κ1) is 36.6. The molecule has 15 rings (SSSR count). The first-order valence-electron chi connectivity index (χ1n) is 22.7. The lowest BCUT2D eigenvalue weighted by atomic mass is 9.97. The van der Waals surface area contributed by atoms with Crippen LogP contribution >= 0.6 is 11.3 Å². The average molecular weight is 870 g/mol. The van der Waals surface area contributed by atoms with Gasteiger partial charge >= 0.3 is 0 Å². The molecule has 0 bridgehead atoms. The summed E-state index contributed by atoms with van der Waals surface area (Å²) in [6.07, 6.45) is 0. The van der Waals surface area contributed by atoms with Crippen molar-refractivity contribution in [2.45, 2.75) is 0 Å². The lowest BCUT2D eigenvalue weighted by molar-refractivity contribution is 1.08. The number of hydrogen-bond acceptors (Lipinski definition) is 4. The van der Waals surface area contributed by atoms with E-state index in [2.05, 4.69) is 221 Å². The van der Waals surface area contributed by atoms with Crippen molar-refractivity contribution in [3.8, 4) is 51.0 Å². The number of thiophene rings is 1. The number of rotatable bonds is 5. The highest BCUT2D eigenvalue weighted by Crippen LogP contribution is 2.49. The number of benzene rings is 10. The SMILES string of the molecule is c1ccc(-n2c3ccccc3c3cc(-c4nc(-c5cccc(-c6ccc7c8ccccc8n8c9ccccc9c9ccc%10sc6c7c%10c98)c5)nc(-c5cccc6ccccc56)n4)ccc32)cc1. The zero-order valence-electron chi connectivity index (χ0n) is 35.9. The van der Waals surface area contributed by atoms with Crippen molar-refractivity contribution in [1.82, 2.24) is 23.9 Å². The standard InChI is InChI=1S/C61H35N5S/c1-2-18-40(19-3-1)65-50-25-9-8-23-45(50)49-35-39(28-32-53(49)65)60-62-59(63-61(64-60)48-24-13-15-36-14-4-5-20-41(36)48)38-17-12-16-37(34-38)42-29-30-46-43-21-6-10-26-51(43)66-52-27-11-7-22-44(52)47-31-33-54-56(57(47)66)55(46)58(42)67-54/h1-35H. The van der Waals surface area contributed by atoms with E-state index in [1.165, 1.54) is 69.2 Å². The Hall–Kier alpha value is -8.71. The summed E-state index contributed by atoms with van der Waals surface area (Å²) in [6, 6.07) is 76.4. The molecule has 5 aromatic heterocycles. The molecule has 0 fully saturated rings. The molecule has 67 heavy (non-hydrogen) atoms. The Morgan fingerprint density at radius 2 is 0.940 bits per heavy atom. The third-order valence-electron chi connectivity index (χ3n) is 13.9. The molecule has 0 aliphatic carbocycles. The van der Waals surface area contributed by atoms with Gasteiger partial charge in [-0.05, 0) is 87.9 Å². The maximum absolute atomic E-state index is 5.35. The molecule has 5 heterocycles. The van der Waals surface area contributed by atoms with Crippen molar-refractivity contribution in [2.75, 3.05) is 0 Å². The molecule has 5 nitrogen and oxygen atoms in total. The summed E-state index contributed by atoms with van der Waals surface area (Å²) in [7, 11) is 0. The zero-order chi connectivity index (χ0) is 43.7. The van der Waals surface area contributed by atoms with Crippen LogP contribution in [0.25, 0.3) is 142 Å². The summed E-state index contributed by atoms with van der Waals surface area (Å²) in [5.41, 5.74) is 12.3. The van der Waals surface area contributed by atoms with Gasteiger partial charge in [-0.1, -0.05) is 152 Å². The summed E-state index contributed by atoms with van der Waals surface area (Å²) >= 11 is 1.89. The fourth-order valence-electron chi connectivity index (χ4n) is 11.0. The monoisotopic (exact) mass is 869 g/mol. The topological polar surface area (TPSA) is 48.0 Å². The minimum atomic E-state index is 0.629. The lowest BCUT2D eigenvalue weighted by Gasteiger charge is -2.12. The largest absolute Gasteiger partial charge is 0.309 e. The predicted octanol–water partition coefficient (Wildman–Crippen LogP) is 16.3. The van der Waals surface area contributed by atoms with E-state index in [0.29, 0.717) is 17.5 Å². The Morgan fingerprint density at radius 3 is 1.75 bits per heavy atom. The van der Waals surface area contributed by atoms with E-state index in [0.717, 1.165) is 55.1 Å². The second kappa shape index (κ2) is 13.9. The van der Waals surface area contributed by atoms with Gasteiger partial charge in [0.05, 0.1) is 27.6 Å². The molecule has 0 N–H and O–H groups in total. The molecule has 15 aromatic rings. The molecular weight excluding hydrogens is 835 g/mol. The fourth-order valence-corrected chi connectivity index (χ4v) is 12.2. The number of hydrogen-bond donors (Lipinski definition) is 0. The van der Waals surface area contributed by atoms with Gasteiger partial charge in [0, 0.05) is 69.5 Å². The van der Waals surface area contributed by atoms with E-state index in [1.54, 1.807) is 0 Å². The van der Waals surface area contributed by atoms with Gasteiger partial charge in [0.2, 0.25) is 0 Å². The second-order valence-corrected chi connectivity index (χ2v) is 18.6. The van der Waals surface area contributed by atoms with Gasteiger partial charge in [0.15, 0.2) is 17.5 Å². The first-order valence-corrected chi connectivity index (χ1v) is 23.5. The van der Waals surface area contributed by atoms with Gasteiger partial charge in [0.25, 0.3) is 0 Å². The third kappa shape index (κ3) is 5.27. The molecule has 10 aromatic carbocycles. The molecule has 6 heteroatoms. The first-order chi connectivity index (χ1) is 33.2. The fraction of sp³-hybridized carbons (Fsp3) is 0. The van der Waals surface area contributed by atoms with E-state index in [9.17, 15) is 0 Å². The molecule has 0 amide bonds. The van der Waals surface area contributed by atoms with Crippen LogP contribution in [0.15, 0.2) is 212 Å². The van der Waals surface area contributed by atoms with Crippen molar-refractivity contribution in [1.29, 1.82) is 0 Å². The van der Waals surface area contributed by atoms with Crippen LogP contribution in [-0.2, 0) is 0 Å². The zero-order valence-corrected chi connectivity index (χ0v) is 36.7. The quantitative estimate of drug-likeness (QED) is 0.173. The van der Waals surface area contributed by atoms with Crippen molar-refractivity contribution < 1.29 is 0 Å². The molecule has 310 valence electrons. The minimum absolute atomic E-state index is 0.629. The third-order valence-corrected chi connectivity index (χ3v) is 15.1. The van der Waals surface area contributed by atoms with Gasteiger partial charge in [-0.25, -0.2) is 15.0 Å². The molecule has 0 radical (unpaired) electrons. The lowest BCUT2D eigenvalue weighted by Crippen LogP contribution is -2.01. The molecule has 0 unspecified atom stereocenters. The van der Waals surface area contributed by atoms with Gasteiger partial charge in [0.1, 0.15) is 0 Å².